The summed E-state index contributed by atoms with van der Waals surface area (Å²) in [5.41, 5.74) is 10.7. The maximum absolute atomic E-state index is 6.24. The summed E-state index contributed by atoms with van der Waals surface area (Å²) in [5.74, 6) is 0.899. The molecule has 0 saturated heterocycles. The van der Waals surface area contributed by atoms with Gasteiger partial charge in [0.2, 0.25) is 0 Å². The van der Waals surface area contributed by atoms with Crippen molar-refractivity contribution in [2.24, 2.45) is 11.1 Å². The van der Waals surface area contributed by atoms with Gasteiger partial charge in [0.1, 0.15) is 5.69 Å². The fourth-order valence-electron chi connectivity index (χ4n) is 3.36. The van der Waals surface area contributed by atoms with Gasteiger partial charge in [0, 0.05) is 5.69 Å². The lowest BCUT2D eigenvalue weighted by atomic mass is 9.76. The zero-order valence-electron chi connectivity index (χ0n) is 14.6. The molecule has 0 saturated carbocycles. The van der Waals surface area contributed by atoms with Gasteiger partial charge in [0.25, 0.3) is 5.89 Å². The van der Waals surface area contributed by atoms with Gasteiger partial charge in [-0.2, -0.15) is 4.98 Å². The van der Waals surface area contributed by atoms with E-state index in [2.05, 4.69) is 30.1 Å². The summed E-state index contributed by atoms with van der Waals surface area (Å²) in [4.78, 5) is 9.23. The topological polar surface area (TPSA) is 77.8 Å². The van der Waals surface area contributed by atoms with Crippen LogP contribution in [0, 0.1) is 5.41 Å². The second kappa shape index (κ2) is 6.08. The molecule has 0 fully saturated rings. The monoisotopic (exact) mass is 334 g/mol. The number of hydrogen-bond acceptors (Lipinski definition) is 5. The van der Waals surface area contributed by atoms with Crippen molar-refractivity contribution < 1.29 is 4.52 Å². The summed E-state index contributed by atoms with van der Waals surface area (Å²) in [6, 6.07) is 13.5. The first-order valence-electron chi connectivity index (χ1n) is 8.65. The molecule has 2 heterocycles. The second-order valence-corrected chi connectivity index (χ2v) is 7.49. The molecule has 3 aromatic rings. The Kier molecular flexibility index (Phi) is 3.88. The Labute approximate surface area is 147 Å². The molecule has 0 amide bonds. The molecule has 1 unspecified atom stereocenters. The molecule has 1 aromatic carbocycles. The number of nitrogens with zero attached hydrogens (tertiary/aromatic N) is 3. The minimum Gasteiger partial charge on any atom is -0.332 e. The van der Waals surface area contributed by atoms with E-state index in [-0.39, 0.29) is 0 Å². The molecule has 5 heteroatoms. The molecule has 0 bridgehead atoms. The number of rotatable bonds is 3. The Bertz CT molecular complexity index is 886. The summed E-state index contributed by atoms with van der Waals surface area (Å²) < 4.78 is 5.42. The van der Waals surface area contributed by atoms with E-state index < -0.39 is 6.04 Å². The molecule has 128 valence electrons. The third kappa shape index (κ3) is 3.20. The molecule has 1 atom stereocenters. The molecule has 5 nitrogen and oxygen atoms in total. The van der Waals surface area contributed by atoms with Crippen molar-refractivity contribution in [3.8, 4) is 11.6 Å². The van der Waals surface area contributed by atoms with Crippen molar-refractivity contribution in [3.05, 3.63) is 65.1 Å². The maximum Gasteiger partial charge on any atom is 0.276 e. The highest BCUT2D eigenvalue weighted by atomic mass is 16.5. The summed E-state index contributed by atoms with van der Waals surface area (Å²) in [7, 11) is 0. The molecule has 2 N–H and O–H groups in total. The number of hydrogen-bond donors (Lipinski definition) is 1. The van der Waals surface area contributed by atoms with Gasteiger partial charge in [-0.05, 0) is 41.9 Å². The van der Waals surface area contributed by atoms with Crippen LogP contribution in [-0.2, 0) is 12.8 Å². The minimum atomic E-state index is -0.405. The van der Waals surface area contributed by atoms with E-state index in [0.717, 1.165) is 36.2 Å². The molecule has 0 spiro atoms. The van der Waals surface area contributed by atoms with Crippen molar-refractivity contribution in [3.63, 3.8) is 0 Å². The standard InChI is InChI=1S/C20H22N4O/c1-20(2)11-10-15-14(12-20)8-9-16(22-15)19-23-18(24-25-19)17(21)13-6-4-3-5-7-13/h3-9,17H,10-12,21H2,1-2H3. The van der Waals surface area contributed by atoms with Crippen molar-refractivity contribution in [1.29, 1.82) is 0 Å². The van der Waals surface area contributed by atoms with E-state index in [0.29, 0.717) is 17.1 Å². The van der Waals surface area contributed by atoms with Crippen LogP contribution in [-0.4, -0.2) is 15.1 Å². The Balaban J connectivity index is 1.61. The van der Waals surface area contributed by atoms with Crippen LogP contribution in [0.3, 0.4) is 0 Å². The smallest absolute Gasteiger partial charge is 0.276 e. The summed E-state index contributed by atoms with van der Waals surface area (Å²) in [5, 5.41) is 4.05. The van der Waals surface area contributed by atoms with Gasteiger partial charge in [-0.3, -0.25) is 0 Å². The SMILES string of the molecule is CC1(C)CCc2nc(-c3nc(C(N)c4ccccc4)no3)ccc2C1. The van der Waals surface area contributed by atoms with Crippen LogP contribution in [0.2, 0.25) is 0 Å². The van der Waals surface area contributed by atoms with E-state index in [1.165, 1.54) is 5.56 Å². The number of aromatic nitrogens is 3. The highest BCUT2D eigenvalue weighted by molar-refractivity contribution is 5.49. The normalized spacial score (nSPS) is 17.1. The third-order valence-corrected chi connectivity index (χ3v) is 4.87. The zero-order chi connectivity index (χ0) is 17.4. The van der Waals surface area contributed by atoms with Crippen LogP contribution in [0.4, 0.5) is 0 Å². The van der Waals surface area contributed by atoms with Gasteiger partial charge in [-0.15, -0.1) is 0 Å². The predicted octanol–water partition coefficient (Wildman–Crippen LogP) is 3.69. The molecule has 4 rings (SSSR count). The van der Waals surface area contributed by atoms with E-state index in [4.69, 9.17) is 15.2 Å². The van der Waals surface area contributed by atoms with Gasteiger partial charge in [0.15, 0.2) is 5.82 Å². The van der Waals surface area contributed by atoms with Crippen LogP contribution in [0.15, 0.2) is 47.0 Å². The first-order chi connectivity index (χ1) is 12.0. The number of nitrogens with two attached hydrogens (primary N) is 1. The fourth-order valence-corrected chi connectivity index (χ4v) is 3.36. The lowest BCUT2D eigenvalue weighted by Gasteiger charge is -2.30. The summed E-state index contributed by atoms with van der Waals surface area (Å²) >= 11 is 0. The quantitative estimate of drug-likeness (QED) is 0.790. The Morgan fingerprint density at radius 2 is 1.88 bits per heavy atom. The van der Waals surface area contributed by atoms with E-state index in [1.54, 1.807) is 0 Å². The Hall–Kier alpha value is -2.53. The molecular formula is C20H22N4O. The Morgan fingerprint density at radius 3 is 2.68 bits per heavy atom. The highest BCUT2D eigenvalue weighted by Crippen LogP contribution is 2.34. The van der Waals surface area contributed by atoms with Crippen molar-refractivity contribution in [2.75, 3.05) is 0 Å². The highest BCUT2D eigenvalue weighted by Gasteiger charge is 2.27. The zero-order valence-corrected chi connectivity index (χ0v) is 14.6. The van der Waals surface area contributed by atoms with Crippen LogP contribution in [0.1, 0.15) is 49.0 Å². The molecule has 1 aliphatic carbocycles. The number of pyridine rings is 1. The van der Waals surface area contributed by atoms with Gasteiger partial charge < -0.3 is 10.3 Å². The average molecular weight is 334 g/mol. The lowest BCUT2D eigenvalue weighted by molar-refractivity contribution is 0.312. The summed E-state index contributed by atoms with van der Waals surface area (Å²) in [6.45, 7) is 4.61. The lowest BCUT2D eigenvalue weighted by Crippen LogP contribution is -2.23. The average Bonchev–Trinajstić information content (AvgIpc) is 3.11. The van der Waals surface area contributed by atoms with Gasteiger partial charge in [-0.1, -0.05) is 55.4 Å². The fraction of sp³-hybridized carbons (Fsp3) is 0.350. The molecule has 0 radical (unpaired) electrons. The molecule has 1 aliphatic rings. The largest absolute Gasteiger partial charge is 0.332 e. The van der Waals surface area contributed by atoms with Gasteiger partial charge in [0.05, 0.1) is 6.04 Å². The van der Waals surface area contributed by atoms with E-state index in [9.17, 15) is 0 Å². The van der Waals surface area contributed by atoms with Gasteiger partial charge >= 0.3 is 0 Å². The van der Waals surface area contributed by atoms with Crippen molar-refractivity contribution >= 4 is 0 Å². The van der Waals surface area contributed by atoms with E-state index in [1.807, 2.05) is 36.4 Å². The predicted molar refractivity (Wildman–Crippen MR) is 95.8 cm³/mol. The van der Waals surface area contributed by atoms with E-state index >= 15 is 0 Å². The Morgan fingerprint density at radius 1 is 1.08 bits per heavy atom. The first kappa shape index (κ1) is 16.0. The molecular weight excluding hydrogens is 312 g/mol. The minimum absolute atomic E-state index is 0.344. The van der Waals surface area contributed by atoms with Crippen molar-refractivity contribution in [2.45, 2.75) is 39.2 Å². The number of fused-ring (bicyclic) bond motifs is 1. The van der Waals surface area contributed by atoms with Gasteiger partial charge in [-0.25, -0.2) is 4.98 Å². The molecule has 25 heavy (non-hydrogen) atoms. The van der Waals surface area contributed by atoms with Crippen LogP contribution in [0.25, 0.3) is 11.6 Å². The number of benzene rings is 1. The van der Waals surface area contributed by atoms with Crippen LogP contribution < -0.4 is 5.73 Å². The van der Waals surface area contributed by atoms with Crippen LogP contribution in [0.5, 0.6) is 0 Å². The maximum atomic E-state index is 6.24. The van der Waals surface area contributed by atoms with Crippen LogP contribution >= 0.6 is 0 Å². The molecule has 0 aliphatic heterocycles. The summed E-state index contributed by atoms with van der Waals surface area (Å²) in [6.07, 6.45) is 3.19. The second-order valence-electron chi connectivity index (χ2n) is 7.49. The molecule has 2 aromatic heterocycles. The third-order valence-electron chi connectivity index (χ3n) is 4.87. The number of aryl methyl sites for hydroxylation is 1. The van der Waals surface area contributed by atoms with Crippen molar-refractivity contribution in [1.82, 2.24) is 15.1 Å². The first-order valence-corrected chi connectivity index (χ1v) is 8.65.